The van der Waals surface area contributed by atoms with Gasteiger partial charge in [-0.25, -0.2) is 14.4 Å². The molecule has 0 saturated carbocycles. The van der Waals surface area contributed by atoms with E-state index in [9.17, 15) is 9.18 Å². The maximum atomic E-state index is 13.6. The minimum absolute atomic E-state index is 0.0461. The first-order valence-electron chi connectivity index (χ1n) is 7.46. The molecule has 23 heavy (non-hydrogen) atoms. The highest BCUT2D eigenvalue weighted by atomic mass is 19.1. The van der Waals surface area contributed by atoms with Crippen LogP contribution >= 0.6 is 0 Å². The summed E-state index contributed by atoms with van der Waals surface area (Å²) in [4.78, 5) is 20.0. The molecule has 5 nitrogen and oxygen atoms in total. The van der Waals surface area contributed by atoms with Gasteiger partial charge in [0.25, 0.3) is 0 Å². The number of aryl methyl sites for hydroxylation is 2. The molecule has 0 radical (unpaired) electrons. The van der Waals surface area contributed by atoms with Crippen LogP contribution in [-0.2, 0) is 17.8 Å². The van der Waals surface area contributed by atoms with E-state index >= 15 is 0 Å². The van der Waals surface area contributed by atoms with Gasteiger partial charge in [-0.1, -0.05) is 6.07 Å². The Balaban J connectivity index is 1.73. The quantitative estimate of drug-likeness (QED) is 0.852. The predicted molar refractivity (Wildman–Crippen MR) is 84.5 cm³/mol. The van der Waals surface area contributed by atoms with Gasteiger partial charge in [0.15, 0.2) is 11.6 Å². The van der Waals surface area contributed by atoms with Crippen molar-refractivity contribution in [3.63, 3.8) is 0 Å². The summed E-state index contributed by atoms with van der Waals surface area (Å²) in [7, 11) is 1.43. The summed E-state index contributed by atoms with van der Waals surface area (Å²) in [5.74, 6) is 0.480. The maximum Gasteiger partial charge on any atom is 0.220 e. The van der Waals surface area contributed by atoms with Crippen LogP contribution in [0.25, 0.3) is 0 Å². The Labute approximate surface area is 134 Å². The molecule has 2 rings (SSSR count). The second kappa shape index (κ2) is 8.22. The molecule has 0 aliphatic heterocycles. The standard InChI is InChI=1S/C17H20FN3O2/c1-12-19-9-8-14(21-12)11-20-17(22)5-3-4-13-6-7-16(23-2)15(18)10-13/h6-10H,3-5,11H2,1-2H3,(H,20,22). The highest BCUT2D eigenvalue weighted by Crippen LogP contribution is 2.18. The van der Waals surface area contributed by atoms with E-state index in [0.29, 0.717) is 31.6 Å². The van der Waals surface area contributed by atoms with E-state index < -0.39 is 0 Å². The zero-order valence-corrected chi connectivity index (χ0v) is 13.3. The predicted octanol–water partition coefficient (Wildman–Crippen LogP) is 2.57. The smallest absolute Gasteiger partial charge is 0.220 e. The van der Waals surface area contributed by atoms with Crippen molar-refractivity contribution in [2.75, 3.05) is 7.11 Å². The van der Waals surface area contributed by atoms with Crippen LogP contribution in [0.3, 0.4) is 0 Å². The minimum atomic E-state index is -0.381. The second-order valence-electron chi connectivity index (χ2n) is 5.19. The van der Waals surface area contributed by atoms with E-state index in [1.54, 1.807) is 25.3 Å². The van der Waals surface area contributed by atoms with E-state index in [1.807, 2.05) is 6.07 Å². The molecule has 0 aliphatic rings. The fourth-order valence-corrected chi connectivity index (χ4v) is 2.20. The molecule has 0 saturated heterocycles. The van der Waals surface area contributed by atoms with Gasteiger partial charge in [-0.2, -0.15) is 0 Å². The molecule has 6 heteroatoms. The van der Waals surface area contributed by atoms with Crippen LogP contribution in [0.2, 0.25) is 0 Å². The van der Waals surface area contributed by atoms with Gasteiger partial charge in [0.05, 0.1) is 19.3 Å². The Kier molecular flexibility index (Phi) is 6.02. The molecule has 0 fully saturated rings. The molecule has 0 unspecified atom stereocenters. The molecule has 0 spiro atoms. The highest BCUT2D eigenvalue weighted by molar-refractivity contribution is 5.75. The van der Waals surface area contributed by atoms with Crippen LogP contribution in [0.15, 0.2) is 30.5 Å². The average Bonchev–Trinajstić information content (AvgIpc) is 2.53. The summed E-state index contributed by atoms with van der Waals surface area (Å²) in [6.07, 6.45) is 3.35. The fourth-order valence-electron chi connectivity index (χ4n) is 2.20. The fraction of sp³-hybridized carbons (Fsp3) is 0.353. The van der Waals surface area contributed by atoms with Gasteiger partial charge in [-0.05, 0) is 43.5 Å². The molecule has 122 valence electrons. The van der Waals surface area contributed by atoms with E-state index in [-0.39, 0.29) is 17.5 Å². The van der Waals surface area contributed by atoms with Crippen molar-refractivity contribution >= 4 is 5.91 Å². The van der Waals surface area contributed by atoms with E-state index in [2.05, 4.69) is 15.3 Å². The highest BCUT2D eigenvalue weighted by Gasteiger charge is 2.06. The molecule has 0 aliphatic carbocycles. The lowest BCUT2D eigenvalue weighted by Crippen LogP contribution is -2.23. The van der Waals surface area contributed by atoms with Crippen molar-refractivity contribution in [1.82, 2.24) is 15.3 Å². The van der Waals surface area contributed by atoms with Gasteiger partial charge in [0.2, 0.25) is 5.91 Å². The number of benzene rings is 1. The number of methoxy groups -OCH3 is 1. The molecule has 1 aromatic carbocycles. The summed E-state index contributed by atoms with van der Waals surface area (Å²) < 4.78 is 18.4. The first-order valence-corrected chi connectivity index (χ1v) is 7.46. The van der Waals surface area contributed by atoms with Crippen molar-refractivity contribution in [3.8, 4) is 5.75 Å². The number of hydrogen-bond donors (Lipinski definition) is 1. The topological polar surface area (TPSA) is 64.1 Å². The first kappa shape index (κ1) is 16.9. The number of carbonyl (C=O) groups is 1. The number of carbonyl (C=O) groups excluding carboxylic acids is 1. The molecule has 1 heterocycles. The number of ether oxygens (including phenoxy) is 1. The number of aromatic nitrogens is 2. The molecule has 1 amide bonds. The third-order valence-corrected chi connectivity index (χ3v) is 3.39. The minimum Gasteiger partial charge on any atom is -0.494 e. The zero-order chi connectivity index (χ0) is 16.7. The summed E-state index contributed by atoms with van der Waals surface area (Å²) in [6.45, 7) is 2.19. The zero-order valence-electron chi connectivity index (χ0n) is 13.3. The van der Waals surface area contributed by atoms with Crippen LogP contribution in [-0.4, -0.2) is 23.0 Å². The van der Waals surface area contributed by atoms with Crippen LogP contribution in [0, 0.1) is 12.7 Å². The molecule has 1 aromatic heterocycles. The Morgan fingerprint density at radius 3 is 2.87 bits per heavy atom. The van der Waals surface area contributed by atoms with Gasteiger partial charge in [0.1, 0.15) is 5.82 Å². The number of hydrogen-bond acceptors (Lipinski definition) is 4. The van der Waals surface area contributed by atoms with Crippen molar-refractivity contribution in [2.45, 2.75) is 32.7 Å². The number of amides is 1. The first-order chi connectivity index (χ1) is 11.1. The number of nitrogens with zero attached hydrogens (tertiary/aromatic N) is 2. The SMILES string of the molecule is COc1ccc(CCCC(=O)NCc2ccnc(C)n2)cc1F. The lowest BCUT2D eigenvalue weighted by molar-refractivity contribution is -0.121. The normalized spacial score (nSPS) is 10.4. The Bertz CT molecular complexity index is 677. The van der Waals surface area contributed by atoms with Gasteiger partial charge in [-0.3, -0.25) is 4.79 Å². The molecular weight excluding hydrogens is 297 g/mol. The number of nitrogens with one attached hydrogen (secondary N) is 1. The van der Waals surface area contributed by atoms with E-state index in [1.165, 1.54) is 13.2 Å². The summed E-state index contributed by atoms with van der Waals surface area (Å²) in [5, 5.41) is 2.82. The summed E-state index contributed by atoms with van der Waals surface area (Å²) in [6, 6.07) is 6.62. The van der Waals surface area contributed by atoms with Crippen molar-refractivity contribution in [2.24, 2.45) is 0 Å². The third kappa shape index (κ3) is 5.32. The number of rotatable bonds is 7. The Morgan fingerprint density at radius 1 is 1.35 bits per heavy atom. The lowest BCUT2D eigenvalue weighted by atomic mass is 10.1. The molecule has 0 bridgehead atoms. The second-order valence-corrected chi connectivity index (χ2v) is 5.19. The van der Waals surface area contributed by atoms with E-state index in [4.69, 9.17) is 4.74 Å². The molecular formula is C17H20FN3O2. The maximum absolute atomic E-state index is 13.6. The average molecular weight is 317 g/mol. The Hall–Kier alpha value is -2.50. The third-order valence-electron chi connectivity index (χ3n) is 3.39. The molecule has 1 N–H and O–H groups in total. The monoisotopic (exact) mass is 317 g/mol. The van der Waals surface area contributed by atoms with Crippen LogP contribution in [0.5, 0.6) is 5.75 Å². The molecule has 2 aromatic rings. The van der Waals surface area contributed by atoms with Crippen molar-refractivity contribution < 1.29 is 13.9 Å². The molecule has 0 atom stereocenters. The van der Waals surface area contributed by atoms with E-state index in [0.717, 1.165) is 11.3 Å². The van der Waals surface area contributed by atoms with Crippen molar-refractivity contribution in [1.29, 1.82) is 0 Å². The summed E-state index contributed by atoms with van der Waals surface area (Å²) in [5.41, 5.74) is 1.63. The van der Waals surface area contributed by atoms with Gasteiger partial charge >= 0.3 is 0 Å². The summed E-state index contributed by atoms with van der Waals surface area (Å²) >= 11 is 0. The number of halogens is 1. The van der Waals surface area contributed by atoms with Crippen LogP contribution in [0.1, 0.15) is 29.9 Å². The van der Waals surface area contributed by atoms with Crippen LogP contribution < -0.4 is 10.1 Å². The van der Waals surface area contributed by atoms with Crippen molar-refractivity contribution in [3.05, 3.63) is 53.4 Å². The lowest BCUT2D eigenvalue weighted by Gasteiger charge is -2.07. The van der Waals surface area contributed by atoms with Gasteiger partial charge < -0.3 is 10.1 Å². The Morgan fingerprint density at radius 2 is 2.17 bits per heavy atom. The van der Waals surface area contributed by atoms with Gasteiger partial charge in [0, 0.05) is 12.6 Å². The van der Waals surface area contributed by atoms with Crippen LogP contribution in [0.4, 0.5) is 4.39 Å². The van der Waals surface area contributed by atoms with Gasteiger partial charge in [-0.15, -0.1) is 0 Å². The largest absolute Gasteiger partial charge is 0.494 e.